The van der Waals surface area contributed by atoms with Crippen LogP contribution in [0.2, 0.25) is 5.15 Å². The van der Waals surface area contributed by atoms with E-state index in [0.717, 1.165) is 24.6 Å². The fraction of sp³-hybridized carbons (Fsp3) is 0.455. The summed E-state index contributed by atoms with van der Waals surface area (Å²) in [6.07, 6.45) is 2.48. The van der Waals surface area contributed by atoms with Gasteiger partial charge in [0.05, 0.1) is 11.4 Å². The molecule has 1 aliphatic rings. The third-order valence-corrected chi connectivity index (χ3v) is 6.20. The van der Waals surface area contributed by atoms with Crippen molar-refractivity contribution in [2.45, 2.75) is 44.3 Å². The lowest BCUT2D eigenvalue weighted by atomic mass is 10.1. The normalized spacial score (nSPS) is 16.2. The van der Waals surface area contributed by atoms with Crippen molar-refractivity contribution in [3.8, 4) is 0 Å². The number of piperazine rings is 1. The number of nitrogens with one attached hydrogen (secondary N) is 1. The van der Waals surface area contributed by atoms with Crippen LogP contribution in [0.15, 0.2) is 35.5 Å². The van der Waals surface area contributed by atoms with Gasteiger partial charge in [0.15, 0.2) is 5.16 Å². The van der Waals surface area contributed by atoms with Crippen LogP contribution in [0.3, 0.4) is 0 Å². The van der Waals surface area contributed by atoms with Gasteiger partial charge in [0.1, 0.15) is 16.8 Å². The van der Waals surface area contributed by atoms with Gasteiger partial charge in [0, 0.05) is 38.2 Å². The summed E-state index contributed by atoms with van der Waals surface area (Å²) in [6, 6.07) is 7.74. The van der Waals surface area contributed by atoms with E-state index in [1.54, 1.807) is 18.2 Å². The molecule has 2 aromatic rings. The zero-order chi connectivity index (χ0) is 23.1. The standard InChI is InChI=1S/C22H27ClFN5O2S/c1-3-4-9-21(31)29-11-10-28(13-15(29)2)19-12-18(23)26-22(27-19)32-14-20(30)25-17-8-6-5-7-16(17)24/h5-8,12,15H,3-4,9-11,13-14H2,1-2H3,(H,25,30). The van der Waals surface area contributed by atoms with Crippen molar-refractivity contribution >= 4 is 46.7 Å². The number of benzene rings is 1. The minimum Gasteiger partial charge on any atom is -0.353 e. The van der Waals surface area contributed by atoms with Gasteiger partial charge in [0.25, 0.3) is 0 Å². The molecule has 1 saturated heterocycles. The van der Waals surface area contributed by atoms with Crippen molar-refractivity contribution in [1.29, 1.82) is 0 Å². The topological polar surface area (TPSA) is 78.4 Å². The van der Waals surface area contributed by atoms with Crippen molar-refractivity contribution in [2.24, 2.45) is 0 Å². The predicted molar refractivity (Wildman–Crippen MR) is 126 cm³/mol. The number of rotatable bonds is 8. The molecule has 2 heterocycles. The minimum absolute atomic E-state index is 0.0181. The van der Waals surface area contributed by atoms with Gasteiger partial charge in [-0.2, -0.15) is 0 Å². The Morgan fingerprint density at radius 3 is 2.78 bits per heavy atom. The summed E-state index contributed by atoms with van der Waals surface area (Å²) < 4.78 is 13.7. The zero-order valence-electron chi connectivity index (χ0n) is 18.2. The second kappa shape index (κ2) is 11.5. The smallest absolute Gasteiger partial charge is 0.234 e. The molecule has 1 atom stereocenters. The number of aromatic nitrogens is 2. The first-order valence-electron chi connectivity index (χ1n) is 10.6. The Morgan fingerprint density at radius 1 is 1.28 bits per heavy atom. The Kier molecular flexibility index (Phi) is 8.69. The Bertz CT molecular complexity index is 964. The van der Waals surface area contributed by atoms with Crippen molar-refractivity contribution in [2.75, 3.05) is 35.6 Å². The number of hydrogen-bond acceptors (Lipinski definition) is 6. The Morgan fingerprint density at radius 2 is 2.06 bits per heavy atom. The summed E-state index contributed by atoms with van der Waals surface area (Å²) in [5, 5.41) is 3.18. The molecule has 172 valence electrons. The van der Waals surface area contributed by atoms with Crippen LogP contribution in [0.25, 0.3) is 0 Å². The average Bonchev–Trinajstić information content (AvgIpc) is 2.77. The third-order valence-electron chi connectivity index (χ3n) is 5.16. The van der Waals surface area contributed by atoms with E-state index >= 15 is 0 Å². The lowest BCUT2D eigenvalue weighted by molar-refractivity contribution is -0.133. The molecule has 3 rings (SSSR count). The molecule has 2 amide bonds. The van der Waals surface area contributed by atoms with Gasteiger partial charge in [0.2, 0.25) is 11.8 Å². The number of para-hydroxylation sites is 1. The van der Waals surface area contributed by atoms with Gasteiger partial charge in [-0.1, -0.05) is 48.8 Å². The molecule has 0 saturated carbocycles. The van der Waals surface area contributed by atoms with Crippen LogP contribution >= 0.6 is 23.4 Å². The lowest BCUT2D eigenvalue weighted by Gasteiger charge is -2.40. The first kappa shape index (κ1) is 24.3. The summed E-state index contributed by atoms with van der Waals surface area (Å²) in [5.41, 5.74) is 0.131. The highest BCUT2D eigenvalue weighted by atomic mass is 35.5. The van der Waals surface area contributed by atoms with Crippen LogP contribution in [-0.4, -0.2) is 58.1 Å². The number of anilines is 2. The molecule has 1 aromatic carbocycles. The number of amides is 2. The molecule has 7 nitrogen and oxygen atoms in total. The van der Waals surface area contributed by atoms with Gasteiger partial charge >= 0.3 is 0 Å². The first-order valence-corrected chi connectivity index (χ1v) is 12.0. The van der Waals surface area contributed by atoms with Gasteiger partial charge in [-0.15, -0.1) is 0 Å². The molecule has 1 N–H and O–H groups in total. The fourth-order valence-corrected chi connectivity index (χ4v) is 4.38. The number of carbonyl (C=O) groups is 2. The second-order valence-electron chi connectivity index (χ2n) is 7.63. The monoisotopic (exact) mass is 479 g/mol. The first-order chi connectivity index (χ1) is 15.4. The molecule has 10 heteroatoms. The van der Waals surface area contributed by atoms with Crippen molar-refractivity contribution in [3.63, 3.8) is 0 Å². The number of carbonyl (C=O) groups excluding carboxylic acids is 2. The van der Waals surface area contributed by atoms with E-state index in [-0.39, 0.29) is 34.4 Å². The fourth-order valence-electron chi connectivity index (χ4n) is 3.50. The van der Waals surface area contributed by atoms with Gasteiger partial charge in [-0.25, -0.2) is 14.4 Å². The van der Waals surface area contributed by atoms with Crippen LogP contribution in [0.1, 0.15) is 33.1 Å². The van der Waals surface area contributed by atoms with Crippen molar-refractivity contribution < 1.29 is 14.0 Å². The van der Waals surface area contributed by atoms with E-state index in [2.05, 4.69) is 27.1 Å². The Balaban J connectivity index is 1.59. The molecule has 1 fully saturated rings. The molecular weight excluding hydrogens is 453 g/mol. The lowest BCUT2D eigenvalue weighted by Crippen LogP contribution is -2.54. The molecule has 0 radical (unpaired) electrons. The van der Waals surface area contributed by atoms with E-state index in [4.69, 9.17) is 11.6 Å². The van der Waals surface area contributed by atoms with Crippen LogP contribution in [0, 0.1) is 5.82 Å². The van der Waals surface area contributed by atoms with Gasteiger partial charge < -0.3 is 15.1 Å². The highest BCUT2D eigenvalue weighted by Crippen LogP contribution is 2.25. The van der Waals surface area contributed by atoms with Crippen LogP contribution in [-0.2, 0) is 9.59 Å². The number of unbranched alkanes of at least 4 members (excludes halogenated alkanes) is 1. The van der Waals surface area contributed by atoms with Gasteiger partial charge in [-0.3, -0.25) is 9.59 Å². The van der Waals surface area contributed by atoms with Crippen molar-refractivity contribution in [3.05, 3.63) is 41.3 Å². The van der Waals surface area contributed by atoms with Gasteiger partial charge in [-0.05, 0) is 25.5 Å². The highest BCUT2D eigenvalue weighted by Gasteiger charge is 2.28. The quantitative estimate of drug-likeness (QED) is 0.347. The molecule has 0 bridgehead atoms. The minimum atomic E-state index is -0.492. The molecule has 32 heavy (non-hydrogen) atoms. The number of hydrogen-bond donors (Lipinski definition) is 1. The van der Waals surface area contributed by atoms with Crippen LogP contribution in [0.4, 0.5) is 15.9 Å². The largest absolute Gasteiger partial charge is 0.353 e. The summed E-state index contributed by atoms with van der Waals surface area (Å²) in [5.74, 6) is 0.0162. The molecular formula is C22H27ClFN5O2S. The highest BCUT2D eigenvalue weighted by molar-refractivity contribution is 7.99. The maximum atomic E-state index is 13.7. The number of nitrogens with zero attached hydrogens (tertiary/aromatic N) is 4. The van der Waals surface area contributed by atoms with E-state index in [1.165, 1.54) is 12.1 Å². The molecule has 0 spiro atoms. The summed E-state index contributed by atoms with van der Waals surface area (Å²) in [4.78, 5) is 37.3. The molecule has 1 aromatic heterocycles. The van der Waals surface area contributed by atoms with E-state index in [1.807, 2.05) is 11.8 Å². The Hall–Kier alpha value is -2.39. The van der Waals surface area contributed by atoms with Crippen molar-refractivity contribution in [1.82, 2.24) is 14.9 Å². The molecule has 0 aliphatic carbocycles. The average molecular weight is 480 g/mol. The zero-order valence-corrected chi connectivity index (χ0v) is 19.8. The Labute approximate surface area is 196 Å². The SMILES string of the molecule is CCCCC(=O)N1CCN(c2cc(Cl)nc(SCC(=O)Nc3ccccc3F)n2)CC1C. The second-order valence-corrected chi connectivity index (χ2v) is 8.96. The summed E-state index contributed by atoms with van der Waals surface area (Å²) in [7, 11) is 0. The maximum absolute atomic E-state index is 13.7. The van der Waals surface area contributed by atoms with E-state index < -0.39 is 5.82 Å². The molecule has 1 aliphatic heterocycles. The predicted octanol–water partition coefficient (Wildman–Crippen LogP) is 4.23. The summed E-state index contributed by atoms with van der Waals surface area (Å²) in [6.45, 7) is 6.02. The maximum Gasteiger partial charge on any atom is 0.234 e. The van der Waals surface area contributed by atoms with Crippen LogP contribution in [0.5, 0.6) is 0 Å². The number of thioether (sulfide) groups is 1. The number of halogens is 2. The van der Waals surface area contributed by atoms with E-state index in [0.29, 0.717) is 37.0 Å². The third kappa shape index (κ3) is 6.56. The van der Waals surface area contributed by atoms with Crippen LogP contribution < -0.4 is 10.2 Å². The summed E-state index contributed by atoms with van der Waals surface area (Å²) >= 11 is 7.33. The molecule has 1 unspecified atom stereocenters. The van der Waals surface area contributed by atoms with E-state index in [9.17, 15) is 14.0 Å².